The number of carbonyl (C=O) groups is 4. The van der Waals surface area contributed by atoms with Gasteiger partial charge in [-0.05, 0) is 49.2 Å². The Morgan fingerprint density at radius 3 is 1.21 bits per heavy atom. The third-order valence-corrected chi connectivity index (χ3v) is 5.20. The lowest BCUT2D eigenvalue weighted by Gasteiger charge is -2.06. The van der Waals surface area contributed by atoms with Crippen molar-refractivity contribution in [3.8, 4) is 0 Å². The van der Waals surface area contributed by atoms with Gasteiger partial charge in [-0.15, -0.1) is 0 Å². The Bertz CT molecular complexity index is 903. The van der Waals surface area contributed by atoms with Gasteiger partial charge in [0.1, 0.15) is 0 Å². The van der Waals surface area contributed by atoms with Crippen LogP contribution in [-0.2, 0) is 9.47 Å². The highest BCUT2D eigenvalue weighted by molar-refractivity contribution is 5.95. The lowest BCUT2D eigenvalue weighted by Crippen LogP contribution is -2.08. The van der Waals surface area contributed by atoms with Crippen LogP contribution >= 0.6 is 0 Å². The predicted molar refractivity (Wildman–Crippen MR) is 124 cm³/mol. The van der Waals surface area contributed by atoms with E-state index in [9.17, 15) is 19.2 Å². The third kappa shape index (κ3) is 9.44. The third-order valence-electron chi connectivity index (χ3n) is 5.20. The topological polar surface area (TPSA) is 127 Å². The summed E-state index contributed by atoms with van der Waals surface area (Å²) in [6, 6.07) is 11.6. The average molecular weight is 471 g/mol. The minimum absolute atomic E-state index is 0.0538. The molecule has 0 saturated carbocycles. The molecule has 0 bridgehead atoms. The van der Waals surface area contributed by atoms with Crippen molar-refractivity contribution in [3.63, 3.8) is 0 Å². The van der Waals surface area contributed by atoms with Crippen LogP contribution in [0.4, 0.5) is 0 Å². The van der Waals surface area contributed by atoms with Gasteiger partial charge in [-0.25, -0.2) is 19.2 Å². The first-order valence-corrected chi connectivity index (χ1v) is 11.4. The zero-order chi connectivity index (χ0) is 24.8. The van der Waals surface area contributed by atoms with Crippen LogP contribution in [0.25, 0.3) is 0 Å². The van der Waals surface area contributed by atoms with Gasteiger partial charge in [-0.3, -0.25) is 0 Å². The standard InChI is InChI=1S/C26H30O8/c27-23(28)19-11-9-13-21(17-19)25(31)33-15-7-5-3-1-2-4-6-8-16-34-26(32)22-14-10-12-20(18-22)24(29)30/h9-14,17-18H,1-8,15-16H2,(H,27,28)(H,29,30). The highest BCUT2D eigenvalue weighted by Gasteiger charge is 2.11. The lowest BCUT2D eigenvalue weighted by molar-refractivity contribution is 0.0487. The fraction of sp³-hybridized carbons (Fsp3) is 0.385. The molecule has 0 amide bonds. The molecule has 2 aromatic rings. The van der Waals surface area contributed by atoms with Crippen molar-refractivity contribution in [1.82, 2.24) is 0 Å². The molecule has 8 nitrogen and oxygen atoms in total. The van der Waals surface area contributed by atoms with Gasteiger partial charge in [0.25, 0.3) is 0 Å². The Morgan fingerprint density at radius 2 is 0.853 bits per heavy atom. The van der Waals surface area contributed by atoms with Gasteiger partial charge < -0.3 is 19.7 Å². The van der Waals surface area contributed by atoms with Gasteiger partial charge in [-0.1, -0.05) is 50.7 Å². The SMILES string of the molecule is O=C(O)c1cccc(C(=O)OCCCCCCCCCCOC(=O)c2cccc(C(=O)O)c2)c1. The largest absolute Gasteiger partial charge is 0.478 e. The summed E-state index contributed by atoms with van der Waals surface area (Å²) in [5, 5.41) is 17.9. The summed E-state index contributed by atoms with van der Waals surface area (Å²) in [5.74, 6) is -3.20. The summed E-state index contributed by atoms with van der Waals surface area (Å²) in [4.78, 5) is 45.9. The number of ether oxygens (including phenoxy) is 2. The molecule has 0 aliphatic heterocycles. The molecular formula is C26H30O8. The monoisotopic (exact) mass is 470 g/mol. The van der Waals surface area contributed by atoms with Gasteiger partial charge in [0.2, 0.25) is 0 Å². The number of benzene rings is 2. The molecule has 0 fully saturated rings. The highest BCUT2D eigenvalue weighted by Crippen LogP contribution is 2.12. The van der Waals surface area contributed by atoms with Crippen LogP contribution in [0, 0.1) is 0 Å². The number of rotatable bonds is 15. The van der Waals surface area contributed by atoms with E-state index in [0.29, 0.717) is 13.2 Å². The normalized spacial score (nSPS) is 10.5. The number of carboxylic acids is 2. The summed E-state index contributed by atoms with van der Waals surface area (Å²) < 4.78 is 10.4. The average Bonchev–Trinajstić information content (AvgIpc) is 2.84. The first-order valence-electron chi connectivity index (χ1n) is 11.4. The molecule has 0 unspecified atom stereocenters. The van der Waals surface area contributed by atoms with E-state index >= 15 is 0 Å². The molecule has 2 aromatic carbocycles. The Labute approximate surface area is 198 Å². The summed E-state index contributed by atoms with van der Waals surface area (Å²) >= 11 is 0. The molecule has 182 valence electrons. The van der Waals surface area contributed by atoms with E-state index in [1.807, 2.05) is 0 Å². The van der Waals surface area contributed by atoms with E-state index in [1.54, 1.807) is 0 Å². The van der Waals surface area contributed by atoms with Gasteiger partial charge >= 0.3 is 23.9 Å². The van der Waals surface area contributed by atoms with Crippen molar-refractivity contribution < 1.29 is 38.9 Å². The Hall–Kier alpha value is -3.68. The van der Waals surface area contributed by atoms with Crippen LogP contribution in [0.3, 0.4) is 0 Å². The maximum atomic E-state index is 12.0. The second-order valence-corrected chi connectivity index (χ2v) is 7.87. The molecule has 0 radical (unpaired) electrons. The number of carbonyl (C=O) groups excluding carboxylic acids is 2. The molecule has 8 heteroatoms. The summed E-state index contributed by atoms with van der Waals surface area (Å²) in [5.41, 5.74) is 0.579. The van der Waals surface area contributed by atoms with Gasteiger partial charge in [0.15, 0.2) is 0 Å². The first-order chi connectivity index (χ1) is 16.4. The van der Waals surface area contributed by atoms with E-state index in [2.05, 4.69) is 0 Å². The first kappa shape index (κ1) is 26.6. The van der Waals surface area contributed by atoms with Crippen molar-refractivity contribution in [2.75, 3.05) is 13.2 Å². The molecule has 0 spiro atoms. The Balaban J connectivity index is 1.46. The van der Waals surface area contributed by atoms with Crippen molar-refractivity contribution in [1.29, 1.82) is 0 Å². The lowest BCUT2D eigenvalue weighted by atomic mass is 10.1. The van der Waals surface area contributed by atoms with E-state index in [1.165, 1.54) is 48.5 Å². The van der Waals surface area contributed by atoms with Crippen LogP contribution < -0.4 is 0 Å². The number of aromatic carboxylic acids is 2. The maximum Gasteiger partial charge on any atom is 0.338 e. The summed E-state index contributed by atoms with van der Waals surface area (Å²) in [7, 11) is 0. The zero-order valence-corrected chi connectivity index (χ0v) is 19.0. The molecule has 0 saturated heterocycles. The molecule has 0 heterocycles. The van der Waals surface area contributed by atoms with Gasteiger partial charge in [0, 0.05) is 0 Å². The smallest absolute Gasteiger partial charge is 0.338 e. The van der Waals surface area contributed by atoms with E-state index in [-0.39, 0.29) is 22.3 Å². The van der Waals surface area contributed by atoms with Crippen molar-refractivity contribution in [3.05, 3.63) is 70.8 Å². The number of esters is 2. The maximum absolute atomic E-state index is 12.0. The number of carboxylic acid groups (broad SMARTS) is 2. The van der Waals surface area contributed by atoms with E-state index in [4.69, 9.17) is 19.7 Å². The molecule has 0 aromatic heterocycles. The second-order valence-electron chi connectivity index (χ2n) is 7.87. The van der Waals surface area contributed by atoms with Crippen LogP contribution in [0.15, 0.2) is 48.5 Å². The van der Waals surface area contributed by atoms with Crippen LogP contribution in [0.2, 0.25) is 0 Å². The second kappa shape index (κ2) is 14.5. The van der Waals surface area contributed by atoms with Crippen molar-refractivity contribution in [2.24, 2.45) is 0 Å². The van der Waals surface area contributed by atoms with Crippen molar-refractivity contribution in [2.45, 2.75) is 51.4 Å². The van der Waals surface area contributed by atoms with Crippen LogP contribution in [0.5, 0.6) is 0 Å². The minimum atomic E-state index is -1.08. The highest BCUT2D eigenvalue weighted by atomic mass is 16.5. The summed E-state index contributed by atoms with van der Waals surface area (Å²) in [6.45, 7) is 0.605. The van der Waals surface area contributed by atoms with E-state index in [0.717, 1.165) is 51.4 Å². The summed E-state index contributed by atoms with van der Waals surface area (Å²) in [6.07, 6.45) is 7.58. The molecule has 0 aliphatic carbocycles. The van der Waals surface area contributed by atoms with Crippen molar-refractivity contribution >= 4 is 23.9 Å². The van der Waals surface area contributed by atoms with Crippen LogP contribution in [0.1, 0.15) is 92.8 Å². The molecule has 2 rings (SSSR count). The fourth-order valence-electron chi connectivity index (χ4n) is 3.32. The molecule has 0 aliphatic rings. The quantitative estimate of drug-likeness (QED) is 0.268. The van der Waals surface area contributed by atoms with Gasteiger partial charge in [0.05, 0.1) is 35.5 Å². The Morgan fingerprint density at radius 1 is 0.529 bits per heavy atom. The number of hydrogen-bond acceptors (Lipinski definition) is 6. The molecule has 34 heavy (non-hydrogen) atoms. The molecule has 0 atom stereocenters. The zero-order valence-electron chi connectivity index (χ0n) is 19.0. The Kier molecular flexibility index (Phi) is 11.3. The molecule has 2 N–H and O–H groups in total. The van der Waals surface area contributed by atoms with Gasteiger partial charge in [-0.2, -0.15) is 0 Å². The minimum Gasteiger partial charge on any atom is -0.478 e. The van der Waals surface area contributed by atoms with E-state index < -0.39 is 23.9 Å². The molecular weight excluding hydrogens is 440 g/mol. The fourth-order valence-corrected chi connectivity index (χ4v) is 3.32. The van der Waals surface area contributed by atoms with Crippen LogP contribution in [-0.4, -0.2) is 47.3 Å². The predicted octanol–water partition coefficient (Wildman–Crippen LogP) is 5.22. The number of hydrogen-bond donors (Lipinski definition) is 2. The number of unbranched alkanes of at least 4 members (excludes halogenated alkanes) is 7.